The van der Waals surface area contributed by atoms with Gasteiger partial charge in [-0.1, -0.05) is 0 Å². The minimum Gasteiger partial charge on any atom is -0.323 e. The number of nitrogens with zero attached hydrogens (tertiary/aromatic N) is 4. The molecule has 2 saturated heterocycles. The van der Waals surface area contributed by atoms with Crippen molar-refractivity contribution in [1.29, 1.82) is 0 Å². The van der Waals surface area contributed by atoms with Gasteiger partial charge in [0.15, 0.2) is 0 Å². The van der Waals surface area contributed by atoms with Gasteiger partial charge in [-0.05, 0) is 49.7 Å². The van der Waals surface area contributed by atoms with Gasteiger partial charge in [-0.15, -0.1) is 0 Å². The molecule has 0 saturated carbocycles. The summed E-state index contributed by atoms with van der Waals surface area (Å²) in [4.78, 5) is 46.0. The first kappa shape index (κ1) is 18.9. The Morgan fingerprint density at radius 2 is 1.83 bits per heavy atom. The van der Waals surface area contributed by atoms with Gasteiger partial charge in [0.05, 0.1) is 11.9 Å². The number of urea groups is 1. The maximum absolute atomic E-state index is 12.5. The van der Waals surface area contributed by atoms with E-state index in [9.17, 15) is 14.4 Å². The molecule has 4 amide bonds. The van der Waals surface area contributed by atoms with Crippen molar-refractivity contribution in [1.82, 2.24) is 9.88 Å². The first-order chi connectivity index (χ1) is 14.1. The van der Waals surface area contributed by atoms with Crippen LogP contribution in [0.15, 0.2) is 42.6 Å². The lowest BCUT2D eigenvalue weighted by Crippen LogP contribution is -2.32. The number of hydrogen-bond donors (Lipinski definition) is 1. The molecule has 4 rings (SSSR count). The number of hydrogen-bond acceptors (Lipinski definition) is 4. The van der Waals surface area contributed by atoms with Crippen LogP contribution in [0.25, 0.3) is 0 Å². The third-order valence-electron chi connectivity index (χ3n) is 5.27. The fourth-order valence-corrected chi connectivity index (χ4v) is 3.63. The van der Waals surface area contributed by atoms with Crippen molar-refractivity contribution in [3.63, 3.8) is 0 Å². The van der Waals surface area contributed by atoms with Crippen LogP contribution < -0.4 is 15.1 Å². The highest BCUT2D eigenvalue weighted by atomic mass is 16.2. The lowest BCUT2D eigenvalue weighted by Gasteiger charge is -2.17. The normalized spacial score (nSPS) is 16.7. The third-order valence-corrected chi connectivity index (χ3v) is 5.27. The van der Waals surface area contributed by atoms with Crippen LogP contribution in [0.2, 0.25) is 0 Å². The second-order valence-corrected chi connectivity index (χ2v) is 7.07. The summed E-state index contributed by atoms with van der Waals surface area (Å²) in [5.74, 6) is 0.434. The zero-order valence-corrected chi connectivity index (χ0v) is 16.3. The van der Waals surface area contributed by atoms with E-state index < -0.39 is 0 Å². The summed E-state index contributed by atoms with van der Waals surface area (Å²) in [6, 6.07) is 10.4. The van der Waals surface area contributed by atoms with Crippen LogP contribution in [0.3, 0.4) is 0 Å². The van der Waals surface area contributed by atoms with Crippen LogP contribution in [0.5, 0.6) is 0 Å². The molecule has 0 radical (unpaired) electrons. The Bertz CT molecular complexity index is 926. The SMILES string of the molecule is CCN1CCN(c2ccc(NC(=O)c3ccc(N4CCCC4=O)cc3)cn2)C1=O. The summed E-state index contributed by atoms with van der Waals surface area (Å²) in [6.45, 7) is 4.64. The Morgan fingerprint density at radius 1 is 1.03 bits per heavy atom. The number of pyridine rings is 1. The summed E-state index contributed by atoms with van der Waals surface area (Å²) >= 11 is 0. The predicted octanol–water partition coefficient (Wildman–Crippen LogP) is 2.72. The van der Waals surface area contributed by atoms with E-state index in [2.05, 4.69) is 10.3 Å². The van der Waals surface area contributed by atoms with Crippen LogP contribution in [0, 0.1) is 0 Å². The van der Waals surface area contributed by atoms with Crippen LogP contribution in [-0.4, -0.2) is 53.9 Å². The van der Waals surface area contributed by atoms with E-state index >= 15 is 0 Å². The van der Waals surface area contributed by atoms with Crippen molar-refractivity contribution < 1.29 is 14.4 Å². The van der Waals surface area contributed by atoms with E-state index in [-0.39, 0.29) is 17.8 Å². The number of likely N-dealkylation sites (N-methyl/N-ethyl adjacent to an activating group) is 1. The van der Waals surface area contributed by atoms with E-state index in [1.165, 1.54) is 0 Å². The fraction of sp³-hybridized carbons (Fsp3) is 0.333. The number of rotatable bonds is 5. The van der Waals surface area contributed by atoms with Gasteiger partial charge in [0.1, 0.15) is 5.82 Å². The molecule has 1 N–H and O–H groups in total. The zero-order chi connectivity index (χ0) is 20.4. The minimum atomic E-state index is -0.256. The average molecular weight is 393 g/mol. The number of nitrogens with one attached hydrogen (secondary N) is 1. The zero-order valence-electron chi connectivity index (χ0n) is 16.3. The third kappa shape index (κ3) is 3.78. The Kier molecular flexibility index (Phi) is 5.16. The van der Waals surface area contributed by atoms with Crippen LogP contribution in [0.1, 0.15) is 30.1 Å². The highest BCUT2D eigenvalue weighted by Crippen LogP contribution is 2.23. The minimum absolute atomic E-state index is 0.0478. The smallest absolute Gasteiger partial charge is 0.323 e. The van der Waals surface area contributed by atoms with Gasteiger partial charge in [0, 0.05) is 43.9 Å². The van der Waals surface area contributed by atoms with Crippen molar-refractivity contribution in [3.05, 3.63) is 48.2 Å². The molecule has 0 unspecified atom stereocenters. The maximum Gasteiger partial charge on any atom is 0.325 e. The first-order valence-electron chi connectivity index (χ1n) is 9.81. The summed E-state index contributed by atoms with van der Waals surface area (Å²) in [7, 11) is 0. The summed E-state index contributed by atoms with van der Waals surface area (Å²) < 4.78 is 0. The van der Waals surface area contributed by atoms with E-state index in [0.29, 0.717) is 43.1 Å². The number of benzene rings is 1. The Hall–Kier alpha value is -3.42. The molecule has 0 atom stereocenters. The molecule has 29 heavy (non-hydrogen) atoms. The number of carbonyl (C=O) groups is 3. The molecule has 0 bridgehead atoms. The topological polar surface area (TPSA) is 85.8 Å². The Balaban J connectivity index is 1.39. The van der Waals surface area contributed by atoms with Gasteiger partial charge in [-0.3, -0.25) is 14.5 Å². The molecular weight excluding hydrogens is 370 g/mol. The van der Waals surface area contributed by atoms with E-state index in [1.54, 1.807) is 57.3 Å². The lowest BCUT2D eigenvalue weighted by molar-refractivity contribution is -0.117. The fourth-order valence-electron chi connectivity index (χ4n) is 3.63. The average Bonchev–Trinajstić information content (AvgIpc) is 3.34. The molecule has 2 fully saturated rings. The standard InChI is InChI=1S/C21H23N5O3/c1-2-24-12-13-26(21(24)29)18-10-7-16(14-22-18)23-20(28)15-5-8-17(9-6-15)25-11-3-4-19(25)27/h5-10,14H,2-4,11-13H2,1H3,(H,23,28). The summed E-state index contributed by atoms with van der Waals surface area (Å²) in [6.07, 6.45) is 2.99. The molecular formula is C21H23N5O3. The van der Waals surface area contributed by atoms with Crippen LogP contribution in [-0.2, 0) is 4.79 Å². The van der Waals surface area contributed by atoms with Gasteiger partial charge in [0.25, 0.3) is 5.91 Å². The Morgan fingerprint density at radius 3 is 2.41 bits per heavy atom. The number of carbonyl (C=O) groups excluding carboxylic acids is 3. The number of aromatic nitrogens is 1. The van der Waals surface area contributed by atoms with Gasteiger partial charge in [-0.25, -0.2) is 9.78 Å². The van der Waals surface area contributed by atoms with E-state index in [4.69, 9.17) is 0 Å². The van der Waals surface area contributed by atoms with Crippen molar-refractivity contribution >= 4 is 35.0 Å². The highest BCUT2D eigenvalue weighted by Gasteiger charge is 2.29. The first-order valence-corrected chi connectivity index (χ1v) is 9.81. The van der Waals surface area contributed by atoms with E-state index in [1.807, 2.05) is 6.92 Å². The second kappa shape index (κ2) is 7.90. The molecule has 0 aliphatic carbocycles. The molecule has 3 heterocycles. The summed E-state index contributed by atoms with van der Waals surface area (Å²) in [5, 5.41) is 2.81. The Labute approximate surface area is 169 Å². The van der Waals surface area contributed by atoms with Crippen LogP contribution >= 0.6 is 0 Å². The van der Waals surface area contributed by atoms with Crippen molar-refractivity contribution in [2.75, 3.05) is 41.3 Å². The molecule has 1 aromatic heterocycles. The highest BCUT2D eigenvalue weighted by molar-refractivity contribution is 6.05. The lowest BCUT2D eigenvalue weighted by atomic mass is 10.2. The monoisotopic (exact) mass is 393 g/mol. The van der Waals surface area contributed by atoms with E-state index in [0.717, 1.165) is 18.7 Å². The number of anilines is 3. The second-order valence-electron chi connectivity index (χ2n) is 7.07. The molecule has 2 aromatic rings. The van der Waals surface area contributed by atoms with Gasteiger partial charge < -0.3 is 15.1 Å². The van der Waals surface area contributed by atoms with Crippen LogP contribution in [0.4, 0.5) is 22.0 Å². The molecule has 8 nitrogen and oxygen atoms in total. The van der Waals surface area contributed by atoms with Gasteiger partial charge >= 0.3 is 6.03 Å². The molecule has 8 heteroatoms. The number of amides is 4. The maximum atomic E-state index is 12.5. The van der Waals surface area contributed by atoms with Crippen molar-refractivity contribution in [2.45, 2.75) is 19.8 Å². The van der Waals surface area contributed by atoms with Crippen molar-refractivity contribution in [3.8, 4) is 0 Å². The summed E-state index contributed by atoms with van der Waals surface area (Å²) in [5.41, 5.74) is 1.86. The molecule has 2 aliphatic rings. The molecule has 150 valence electrons. The molecule has 1 aromatic carbocycles. The molecule has 2 aliphatic heterocycles. The molecule has 0 spiro atoms. The quantitative estimate of drug-likeness (QED) is 0.846. The predicted molar refractivity (Wildman–Crippen MR) is 110 cm³/mol. The van der Waals surface area contributed by atoms with Gasteiger partial charge in [0.2, 0.25) is 5.91 Å². The largest absolute Gasteiger partial charge is 0.325 e. The van der Waals surface area contributed by atoms with Crippen molar-refractivity contribution in [2.24, 2.45) is 0 Å². The van der Waals surface area contributed by atoms with Gasteiger partial charge in [-0.2, -0.15) is 0 Å².